The zero-order chi connectivity index (χ0) is 13.2. The monoisotopic (exact) mass is 268 g/mol. The van der Waals surface area contributed by atoms with Crippen molar-refractivity contribution >= 4 is 28.0 Å². The quantitative estimate of drug-likeness (QED) is 0.739. The Morgan fingerprint density at radius 2 is 1.95 bits per heavy atom. The van der Waals surface area contributed by atoms with Crippen molar-refractivity contribution in [3.63, 3.8) is 0 Å². The van der Waals surface area contributed by atoms with Crippen molar-refractivity contribution in [1.82, 2.24) is 14.8 Å². The molecule has 0 aliphatic heterocycles. The van der Waals surface area contributed by atoms with Crippen molar-refractivity contribution in [2.75, 3.05) is 0 Å². The second-order valence-corrected chi connectivity index (χ2v) is 4.71. The largest absolute Gasteiger partial charge is 0.387 e. The van der Waals surface area contributed by atoms with Crippen LogP contribution >= 0.6 is 12.2 Å². The van der Waals surface area contributed by atoms with Crippen molar-refractivity contribution < 1.29 is 0 Å². The van der Waals surface area contributed by atoms with Crippen molar-refractivity contribution in [2.45, 2.75) is 6.54 Å². The third-order valence-electron chi connectivity index (χ3n) is 2.97. The van der Waals surface area contributed by atoms with E-state index in [9.17, 15) is 0 Å². The summed E-state index contributed by atoms with van der Waals surface area (Å²) in [6.07, 6.45) is 1.65. The lowest BCUT2D eigenvalue weighted by molar-refractivity contribution is 0.686. The van der Waals surface area contributed by atoms with E-state index in [0.717, 1.165) is 0 Å². The Labute approximate surface area is 115 Å². The fourth-order valence-electron chi connectivity index (χ4n) is 2.09. The number of aromatic nitrogens is 3. The zero-order valence-electron chi connectivity index (χ0n) is 10.2. The highest BCUT2D eigenvalue weighted by molar-refractivity contribution is 7.80. The predicted octanol–water partition coefficient (Wildman–Crippen LogP) is 2.11. The second-order valence-electron chi connectivity index (χ2n) is 4.27. The Morgan fingerprint density at radius 1 is 1.16 bits per heavy atom. The smallest absolute Gasteiger partial charge is 0.208 e. The van der Waals surface area contributed by atoms with E-state index in [1.54, 1.807) is 11.0 Å². The van der Waals surface area contributed by atoms with Gasteiger partial charge >= 0.3 is 0 Å². The maximum absolute atomic E-state index is 5.50. The minimum atomic E-state index is 0.219. The van der Waals surface area contributed by atoms with E-state index in [4.69, 9.17) is 18.0 Å². The van der Waals surface area contributed by atoms with E-state index in [-0.39, 0.29) is 4.99 Å². The second kappa shape index (κ2) is 4.78. The lowest BCUT2D eigenvalue weighted by atomic mass is 10.0. The fourth-order valence-corrected chi connectivity index (χ4v) is 2.18. The summed E-state index contributed by atoms with van der Waals surface area (Å²) < 4.78 is 1.75. The molecule has 2 N–H and O–H groups in total. The highest BCUT2D eigenvalue weighted by atomic mass is 32.1. The van der Waals surface area contributed by atoms with Gasteiger partial charge in [0.15, 0.2) is 0 Å². The van der Waals surface area contributed by atoms with E-state index in [1.165, 1.54) is 16.3 Å². The maximum Gasteiger partial charge on any atom is 0.208 e. The van der Waals surface area contributed by atoms with Gasteiger partial charge in [0.25, 0.3) is 0 Å². The molecule has 1 heterocycles. The van der Waals surface area contributed by atoms with E-state index in [2.05, 4.69) is 34.3 Å². The summed E-state index contributed by atoms with van der Waals surface area (Å²) in [5.74, 6) is 0.412. The number of hydrogen-bond donors (Lipinski definition) is 1. The molecule has 0 spiro atoms. The minimum Gasteiger partial charge on any atom is -0.387 e. The molecular weight excluding hydrogens is 256 g/mol. The summed E-state index contributed by atoms with van der Waals surface area (Å²) in [5.41, 5.74) is 6.70. The SMILES string of the molecule is NC(=S)c1ncn(Cc2cccc3ccccc23)n1. The normalized spacial score (nSPS) is 10.7. The van der Waals surface area contributed by atoms with E-state index < -0.39 is 0 Å². The predicted molar refractivity (Wildman–Crippen MR) is 79.0 cm³/mol. The molecule has 0 aliphatic rings. The van der Waals surface area contributed by atoms with Crippen LogP contribution in [0.2, 0.25) is 0 Å². The van der Waals surface area contributed by atoms with Crippen LogP contribution in [0.25, 0.3) is 10.8 Å². The van der Waals surface area contributed by atoms with Gasteiger partial charge in [0.1, 0.15) is 11.3 Å². The highest BCUT2D eigenvalue weighted by Crippen LogP contribution is 2.19. The van der Waals surface area contributed by atoms with Crippen LogP contribution in [0.3, 0.4) is 0 Å². The first-order chi connectivity index (χ1) is 9.24. The summed E-state index contributed by atoms with van der Waals surface area (Å²) >= 11 is 4.86. The van der Waals surface area contributed by atoms with Crippen LogP contribution in [0.4, 0.5) is 0 Å². The Bertz CT molecular complexity index is 743. The van der Waals surface area contributed by atoms with Gasteiger partial charge in [-0.15, -0.1) is 5.10 Å². The maximum atomic E-state index is 5.50. The Balaban J connectivity index is 1.98. The number of hydrogen-bond acceptors (Lipinski definition) is 3. The summed E-state index contributed by atoms with van der Waals surface area (Å²) in [6, 6.07) is 14.5. The van der Waals surface area contributed by atoms with Gasteiger partial charge in [0.2, 0.25) is 5.82 Å². The lowest BCUT2D eigenvalue weighted by Crippen LogP contribution is -2.12. The van der Waals surface area contributed by atoms with Crippen LogP contribution in [0.1, 0.15) is 11.4 Å². The molecule has 5 heteroatoms. The number of rotatable bonds is 3. The molecule has 3 rings (SSSR count). The van der Waals surface area contributed by atoms with Crippen LogP contribution in [0.15, 0.2) is 48.8 Å². The van der Waals surface area contributed by atoms with Crippen molar-refractivity contribution in [2.24, 2.45) is 5.73 Å². The number of benzene rings is 2. The van der Waals surface area contributed by atoms with Gasteiger partial charge in [-0.2, -0.15) is 0 Å². The molecular formula is C14H12N4S. The number of nitrogens with zero attached hydrogens (tertiary/aromatic N) is 3. The summed E-state index contributed by atoms with van der Waals surface area (Å²) in [4.78, 5) is 4.30. The molecule has 19 heavy (non-hydrogen) atoms. The van der Waals surface area contributed by atoms with Gasteiger partial charge in [-0.3, -0.25) is 0 Å². The van der Waals surface area contributed by atoms with Crippen LogP contribution in [-0.4, -0.2) is 19.8 Å². The summed E-state index contributed by atoms with van der Waals surface area (Å²) in [5, 5.41) is 6.69. The summed E-state index contributed by atoms with van der Waals surface area (Å²) in [6.45, 7) is 0.650. The first kappa shape index (κ1) is 11.8. The van der Waals surface area contributed by atoms with E-state index in [0.29, 0.717) is 12.4 Å². The molecule has 94 valence electrons. The average Bonchev–Trinajstić information content (AvgIpc) is 2.88. The molecule has 0 saturated carbocycles. The van der Waals surface area contributed by atoms with Gasteiger partial charge in [-0.25, -0.2) is 9.67 Å². The molecule has 0 fully saturated rings. The standard InChI is InChI=1S/C14H12N4S/c15-13(19)14-16-9-18(17-14)8-11-6-3-5-10-4-1-2-7-12(10)11/h1-7,9H,8H2,(H2,15,19). The third kappa shape index (κ3) is 2.32. The van der Waals surface area contributed by atoms with Gasteiger partial charge in [0, 0.05) is 0 Å². The van der Waals surface area contributed by atoms with Gasteiger partial charge in [0.05, 0.1) is 6.54 Å². The molecule has 4 nitrogen and oxygen atoms in total. The molecule has 0 atom stereocenters. The molecule has 2 aromatic carbocycles. The molecule has 0 amide bonds. The molecule has 0 saturated heterocycles. The summed E-state index contributed by atoms with van der Waals surface area (Å²) in [7, 11) is 0. The van der Waals surface area contributed by atoms with Crippen LogP contribution in [0.5, 0.6) is 0 Å². The Hall–Kier alpha value is -2.27. The topological polar surface area (TPSA) is 56.7 Å². The molecule has 0 unspecified atom stereocenters. The third-order valence-corrected chi connectivity index (χ3v) is 3.15. The molecule has 0 aliphatic carbocycles. The Morgan fingerprint density at radius 3 is 2.74 bits per heavy atom. The molecule has 0 radical (unpaired) electrons. The highest BCUT2D eigenvalue weighted by Gasteiger charge is 2.05. The van der Waals surface area contributed by atoms with Crippen molar-refractivity contribution in [3.8, 4) is 0 Å². The molecule has 1 aromatic heterocycles. The van der Waals surface area contributed by atoms with Crippen LogP contribution < -0.4 is 5.73 Å². The first-order valence-corrected chi connectivity index (χ1v) is 6.31. The molecule has 3 aromatic rings. The van der Waals surface area contributed by atoms with Gasteiger partial charge in [-0.1, -0.05) is 54.7 Å². The fraction of sp³-hybridized carbons (Fsp3) is 0.0714. The lowest BCUT2D eigenvalue weighted by Gasteiger charge is -2.06. The zero-order valence-corrected chi connectivity index (χ0v) is 11.0. The average molecular weight is 268 g/mol. The van der Waals surface area contributed by atoms with E-state index in [1.807, 2.05) is 18.2 Å². The van der Waals surface area contributed by atoms with Gasteiger partial charge < -0.3 is 5.73 Å². The molecule has 0 bridgehead atoms. The van der Waals surface area contributed by atoms with Crippen LogP contribution in [0, 0.1) is 0 Å². The minimum absolute atomic E-state index is 0.219. The van der Waals surface area contributed by atoms with Crippen LogP contribution in [-0.2, 0) is 6.54 Å². The van der Waals surface area contributed by atoms with Crippen molar-refractivity contribution in [3.05, 3.63) is 60.2 Å². The van der Waals surface area contributed by atoms with Gasteiger partial charge in [-0.05, 0) is 16.3 Å². The number of fused-ring (bicyclic) bond motifs is 1. The Kier molecular flexibility index (Phi) is 2.97. The first-order valence-electron chi connectivity index (χ1n) is 5.90. The van der Waals surface area contributed by atoms with Crippen molar-refractivity contribution in [1.29, 1.82) is 0 Å². The number of thiocarbonyl (C=S) groups is 1. The number of nitrogens with two attached hydrogens (primary N) is 1. The van der Waals surface area contributed by atoms with E-state index >= 15 is 0 Å².